The minimum Gasteiger partial charge on any atom is -0.450 e. The van der Waals surface area contributed by atoms with Crippen LogP contribution in [0.3, 0.4) is 0 Å². The molecule has 258 valence electrons. The van der Waals surface area contributed by atoms with Crippen LogP contribution in [-0.2, 0) is 0 Å². The summed E-state index contributed by atoms with van der Waals surface area (Å²) >= 11 is 0. The molecule has 0 heterocycles. The third-order valence-corrected chi connectivity index (χ3v) is 6.91. The first-order valence-corrected chi connectivity index (χ1v) is 17.3. The SMILES string of the molecule is CCCCCCCCCCCCCCCC.CCCCCCCCCCCCCCCC.O=C(O)O.O=C(O)O.OO. The van der Waals surface area contributed by atoms with Gasteiger partial charge in [-0.15, -0.1) is 0 Å². The highest BCUT2D eigenvalue weighted by Gasteiger charge is 1.94. The predicted molar refractivity (Wildman–Crippen MR) is 179 cm³/mol. The molecule has 0 aliphatic rings. The Balaban J connectivity index is -0.000000165. The fourth-order valence-electron chi connectivity index (χ4n) is 4.54. The van der Waals surface area contributed by atoms with Crippen molar-refractivity contribution in [2.24, 2.45) is 0 Å². The maximum atomic E-state index is 8.56. The largest absolute Gasteiger partial charge is 0.503 e. The van der Waals surface area contributed by atoms with Crippen LogP contribution >= 0.6 is 0 Å². The van der Waals surface area contributed by atoms with E-state index in [1.165, 1.54) is 180 Å². The van der Waals surface area contributed by atoms with Crippen LogP contribution in [0.15, 0.2) is 0 Å². The lowest BCUT2D eigenvalue weighted by Crippen LogP contribution is -1.82. The molecule has 8 heteroatoms. The van der Waals surface area contributed by atoms with E-state index in [9.17, 15) is 0 Å². The van der Waals surface area contributed by atoms with Gasteiger partial charge in [0.25, 0.3) is 0 Å². The number of unbranched alkanes of at least 4 members (excludes halogenated alkanes) is 26. The summed E-state index contributed by atoms with van der Waals surface area (Å²) in [5, 5.41) is 39.9. The number of carboxylic acid groups (broad SMARTS) is 4. The summed E-state index contributed by atoms with van der Waals surface area (Å²) in [5.74, 6) is 0. The highest BCUT2D eigenvalue weighted by atomic mass is 17.0. The second-order valence-electron chi connectivity index (χ2n) is 11.1. The molecule has 0 atom stereocenters. The van der Waals surface area contributed by atoms with E-state index in [0.717, 1.165) is 0 Å². The normalized spacial score (nSPS) is 9.57. The number of hydrogen-bond donors (Lipinski definition) is 6. The molecule has 6 N–H and O–H groups in total. The first-order valence-electron chi connectivity index (χ1n) is 17.3. The van der Waals surface area contributed by atoms with Gasteiger partial charge < -0.3 is 20.4 Å². The van der Waals surface area contributed by atoms with Gasteiger partial charge in [0.05, 0.1) is 0 Å². The molecule has 0 radical (unpaired) electrons. The molecule has 0 rings (SSSR count). The van der Waals surface area contributed by atoms with E-state index in [2.05, 4.69) is 27.7 Å². The Morgan fingerprint density at radius 2 is 0.357 bits per heavy atom. The minimum absolute atomic E-state index is 1.37. The molecule has 8 nitrogen and oxygen atoms in total. The fourth-order valence-corrected chi connectivity index (χ4v) is 4.54. The molecule has 0 aliphatic heterocycles. The molecule has 0 amide bonds. The van der Waals surface area contributed by atoms with Crippen LogP contribution < -0.4 is 0 Å². The Hall–Kier alpha value is -1.54. The molecule has 0 spiro atoms. The van der Waals surface area contributed by atoms with E-state index in [4.69, 9.17) is 40.5 Å². The van der Waals surface area contributed by atoms with Crippen LogP contribution in [-0.4, -0.2) is 43.3 Å². The van der Waals surface area contributed by atoms with Gasteiger partial charge >= 0.3 is 12.3 Å². The van der Waals surface area contributed by atoms with Crippen molar-refractivity contribution < 1.29 is 40.5 Å². The van der Waals surface area contributed by atoms with Gasteiger partial charge in [0.2, 0.25) is 0 Å². The molecular formula is C34H74O8. The summed E-state index contributed by atoms with van der Waals surface area (Å²) in [5.41, 5.74) is 0. The van der Waals surface area contributed by atoms with Crippen molar-refractivity contribution in [2.45, 2.75) is 207 Å². The smallest absolute Gasteiger partial charge is 0.450 e. The predicted octanol–water partition coefficient (Wildman–Crippen LogP) is 13.4. The third-order valence-electron chi connectivity index (χ3n) is 6.91. The molecule has 0 aliphatic carbocycles. The van der Waals surface area contributed by atoms with E-state index in [0.29, 0.717) is 0 Å². The zero-order valence-electron chi connectivity index (χ0n) is 28.3. The van der Waals surface area contributed by atoms with Gasteiger partial charge in [0.1, 0.15) is 0 Å². The number of rotatable bonds is 26. The van der Waals surface area contributed by atoms with E-state index in [1.54, 1.807) is 0 Å². The van der Waals surface area contributed by atoms with Crippen LogP contribution in [0.1, 0.15) is 207 Å². The zero-order valence-corrected chi connectivity index (χ0v) is 28.3. The second kappa shape index (κ2) is 55.4. The van der Waals surface area contributed by atoms with Gasteiger partial charge in [-0.05, 0) is 0 Å². The van der Waals surface area contributed by atoms with Crippen molar-refractivity contribution >= 4 is 12.3 Å². The quantitative estimate of drug-likeness (QED) is 0.0321. The number of carbonyl (C=O) groups is 2. The second-order valence-corrected chi connectivity index (χ2v) is 11.1. The molecule has 0 aromatic heterocycles. The van der Waals surface area contributed by atoms with Crippen LogP contribution in [0.25, 0.3) is 0 Å². The van der Waals surface area contributed by atoms with Gasteiger partial charge in [0.15, 0.2) is 0 Å². The Bertz CT molecular complexity index is 371. The summed E-state index contributed by atoms with van der Waals surface area (Å²) in [6, 6.07) is 0. The Kier molecular flexibility index (Phi) is 66.1. The summed E-state index contributed by atoms with van der Waals surface area (Å²) in [7, 11) is 0. The average Bonchev–Trinajstić information content (AvgIpc) is 2.95. The topological polar surface area (TPSA) is 156 Å². The van der Waals surface area contributed by atoms with Crippen molar-refractivity contribution in [1.82, 2.24) is 0 Å². The molecule has 0 fully saturated rings. The third kappa shape index (κ3) is 90.2. The molecule has 0 aromatic carbocycles. The Morgan fingerprint density at radius 1 is 0.286 bits per heavy atom. The zero-order chi connectivity index (χ0) is 33.0. The monoisotopic (exact) mass is 611 g/mol. The van der Waals surface area contributed by atoms with E-state index in [1.807, 2.05) is 0 Å². The van der Waals surface area contributed by atoms with Crippen molar-refractivity contribution in [3.8, 4) is 0 Å². The van der Waals surface area contributed by atoms with E-state index >= 15 is 0 Å². The summed E-state index contributed by atoms with van der Waals surface area (Å²) in [6.07, 6.45) is 37.2. The molecule has 0 unspecified atom stereocenters. The highest BCUT2D eigenvalue weighted by Crippen LogP contribution is 2.14. The fraction of sp³-hybridized carbons (Fsp3) is 0.941. The van der Waals surface area contributed by atoms with Gasteiger partial charge in [-0.2, -0.15) is 0 Å². The van der Waals surface area contributed by atoms with Crippen molar-refractivity contribution in [1.29, 1.82) is 0 Å². The summed E-state index contributed by atoms with van der Waals surface area (Å²) in [6.45, 7) is 9.16. The maximum absolute atomic E-state index is 8.56. The highest BCUT2D eigenvalue weighted by molar-refractivity contribution is 5.53. The lowest BCUT2D eigenvalue weighted by Gasteiger charge is -2.02. The van der Waals surface area contributed by atoms with Gasteiger partial charge in [0, 0.05) is 0 Å². The van der Waals surface area contributed by atoms with Crippen LogP contribution in [0.5, 0.6) is 0 Å². The van der Waals surface area contributed by atoms with Gasteiger partial charge in [-0.25, -0.2) is 9.59 Å². The summed E-state index contributed by atoms with van der Waals surface area (Å²) < 4.78 is 0. The van der Waals surface area contributed by atoms with Gasteiger partial charge in [-0.3, -0.25) is 10.5 Å². The standard InChI is InChI=1S/2C16H34.2CH2O3.H2O2/c2*1-3-5-7-9-11-13-15-16-14-12-10-8-6-4-2;2*2-1(3)4;1-2/h2*3-16H2,1-2H3;2*(H2,2,3,4);1-2H. The van der Waals surface area contributed by atoms with Crippen molar-refractivity contribution in [2.75, 3.05) is 0 Å². The first kappa shape index (κ1) is 50.1. The summed E-state index contributed by atoms with van der Waals surface area (Å²) in [4.78, 5) is 17.1. The van der Waals surface area contributed by atoms with E-state index in [-0.39, 0.29) is 0 Å². The maximum Gasteiger partial charge on any atom is 0.503 e. The molecule has 0 saturated carbocycles. The average molecular weight is 611 g/mol. The van der Waals surface area contributed by atoms with Gasteiger partial charge in [-0.1, -0.05) is 207 Å². The Labute approximate surface area is 260 Å². The van der Waals surface area contributed by atoms with Crippen molar-refractivity contribution in [3.63, 3.8) is 0 Å². The lowest BCUT2D eigenvalue weighted by molar-refractivity contribution is -0.176. The van der Waals surface area contributed by atoms with Crippen LogP contribution in [0, 0.1) is 0 Å². The number of hydrogen-bond acceptors (Lipinski definition) is 4. The molecule has 0 saturated heterocycles. The molecule has 0 aromatic rings. The van der Waals surface area contributed by atoms with Crippen molar-refractivity contribution in [3.05, 3.63) is 0 Å². The first-order chi connectivity index (χ1) is 20.3. The molecule has 42 heavy (non-hydrogen) atoms. The molecule has 0 bridgehead atoms. The minimum atomic E-state index is -1.83. The van der Waals surface area contributed by atoms with E-state index < -0.39 is 12.3 Å². The lowest BCUT2D eigenvalue weighted by atomic mass is 10.0. The van der Waals surface area contributed by atoms with Crippen LogP contribution in [0.2, 0.25) is 0 Å². The Morgan fingerprint density at radius 3 is 0.429 bits per heavy atom. The molecular weight excluding hydrogens is 536 g/mol. The van der Waals surface area contributed by atoms with Crippen LogP contribution in [0.4, 0.5) is 9.59 Å².